The van der Waals surface area contributed by atoms with Gasteiger partial charge in [0.15, 0.2) is 0 Å². The molecule has 0 unspecified atom stereocenters. The Labute approximate surface area is 351 Å². The molecule has 0 spiro atoms. The van der Waals surface area contributed by atoms with E-state index in [1.807, 2.05) is 136 Å². The highest BCUT2D eigenvalue weighted by atomic mass is 35.5. The van der Waals surface area contributed by atoms with Crippen LogP contribution in [0.25, 0.3) is 44.1 Å². The molecule has 1 N–H and O–H groups in total. The first-order valence-corrected chi connectivity index (χ1v) is 19.0. The Morgan fingerprint density at radius 3 is 1.03 bits per heavy atom. The van der Waals surface area contributed by atoms with Crippen molar-refractivity contribution in [2.24, 2.45) is 28.2 Å². The van der Waals surface area contributed by atoms with E-state index in [1.54, 1.807) is 0 Å². The zero-order chi connectivity index (χ0) is 42.3. The molecule has 4 aromatic carbocycles. The van der Waals surface area contributed by atoms with Crippen LogP contribution in [0.4, 0.5) is 0 Å². The van der Waals surface area contributed by atoms with E-state index in [9.17, 15) is 14.4 Å². The van der Waals surface area contributed by atoms with Crippen molar-refractivity contribution in [1.29, 1.82) is 0 Å². The summed E-state index contributed by atoms with van der Waals surface area (Å²) in [5.41, 5.74) is 5.20. The largest absolute Gasteiger partial charge is 0.388 e. The number of nitrogens with zero attached hydrogens (tertiary/aromatic N) is 11. The second-order valence-electron chi connectivity index (χ2n) is 12.5. The molecule has 0 radical (unpaired) electrons. The molecule has 15 nitrogen and oxygen atoms in total. The predicted molar refractivity (Wildman–Crippen MR) is 231 cm³/mol. The van der Waals surface area contributed by atoms with Gasteiger partial charge in [-0.1, -0.05) is 48.5 Å². The molecule has 0 fully saturated rings. The number of imidazole rings is 4. The molecule has 19 heteroatoms. The van der Waals surface area contributed by atoms with Crippen molar-refractivity contribution in [3.63, 3.8) is 0 Å². The number of rotatable bonds is 2. The van der Waals surface area contributed by atoms with Crippen molar-refractivity contribution in [3.8, 4) is 0 Å². The fourth-order valence-corrected chi connectivity index (χ4v) is 6.47. The Hall–Kier alpha value is -5.71. The number of hydrogen-bond acceptors (Lipinski definition) is 8. The molecule has 0 atom stereocenters. The van der Waals surface area contributed by atoms with Crippen molar-refractivity contribution < 1.29 is 5.11 Å². The smallest absolute Gasteiger partial charge is 0.366 e. The monoisotopic (exact) mass is 865 g/mol. The van der Waals surface area contributed by atoms with Crippen LogP contribution in [-0.2, 0) is 40.7 Å². The highest BCUT2D eigenvalue weighted by Crippen LogP contribution is 2.16. The molecule has 0 bridgehead atoms. The van der Waals surface area contributed by atoms with Crippen LogP contribution in [0.15, 0.2) is 111 Å². The third kappa shape index (κ3) is 9.35. The van der Waals surface area contributed by atoms with Crippen molar-refractivity contribution in [1.82, 2.24) is 50.5 Å². The van der Waals surface area contributed by atoms with E-state index in [4.69, 9.17) is 52.0 Å². The highest BCUT2D eigenvalue weighted by molar-refractivity contribution is 6.19. The lowest BCUT2D eigenvalue weighted by Crippen LogP contribution is -2.47. The van der Waals surface area contributed by atoms with Crippen LogP contribution in [-0.4, -0.2) is 55.6 Å². The summed E-state index contributed by atoms with van der Waals surface area (Å²) in [7, 11) is 7.95. The molecule has 9 rings (SSSR count). The summed E-state index contributed by atoms with van der Waals surface area (Å²) in [6.07, 6.45) is 0. The van der Waals surface area contributed by atoms with Gasteiger partial charge in [0.05, 0.1) is 50.0 Å². The molecule has 5 aromatic heterocycles. The van der Waals surface area contributed by atoms with Crippen LogP contribution in [0.2, 0.25) is 0 Å². The van der Waals surface area contributed by atoms with Gasteiger partial charge in [-0.3, -0.25) is 0 Å². The van der Waals surface area contributed by atoms with Crippen LogP contribution in [0.1, 0.15) is 23.3 Å². The maximum atomic E-state index is 10.8. The average molecular weight is 868 g/mol. The lowest BCUT2D eigenvalue weighted by molar-refractivity contribution is 0.268. The molecule has 0 amide bonds. The van der Waals surface area contributed by atoms with Crippen molar-refractivity contribution in [2.45, 2.75) is 26.3 Å². The predicted octanol–water partition coefficient (Wildman–Crippen LogP) is 6.32. The lowest BCUT2D eigenvalue weighted by atomic mass is 10.3. The normalized spacial score (nSPS) is 10.7. The van der Waals surface area contributed by atoms with E-state index in [1.165, 1.54) is 11.0 Å². The number of fused-ring (bicyclic) bond motifs is 4. The summed E-state index contributed by atoms with van der Waals surface area (Å²) in [5, 5.41) is 8.94. The van der Waals surface area contributed by atoms with Crippen molar-refractivity contribution >= 4 is 91.1 Å². The van der Waals surface area contributed by atoms with Crippen LogP contribution in [0, 0.1) is 13.8 Å². The van der Waals surface area contributed by atoms with E-state index in [0.717, 1.165) is 50.6 Å². The minimum Gasteiger partial charge on any atom is -0.388 e. The van der Waals surface area contributed by atoms with Gasteiger partial charge < -0.3 is 23.4 Å². The number of aliphatic hydroxyl groups is 1. The summed E-state index contributed by atoms with van der Waals surface area (Å²) < 4.78 is 8.35. The Kier molecular flexibility index (Phi) is 14.3. The fraction of sp³-hybridized carbons (Fsp3) is 0.205. The maximum absolute atomic E-state index is 10.8. The van der Waals surface area contributed by atoms with Gasteiger partial charge in [-0.15, -0.1) is 23.9 Å². The Morgan fingerprint density at radius 2 is 0.741 bits per heavy atom. The molecule has 5 heterocycles. The number of alkyl halides is 1. The summed E-state index contributed by atoms with van der Waals surface area (Å²) in [6.45, 7) is 4.02. The summed E-state index contributed by atoms with van der Waals surface area (Å²) >= 11 is 21.0. The molecular weight excluding hydrogens is 828 g/mol. The number of hydrogen-bond donors (Lipinski definition) is 1. The number of aryl methyl sites for hydroxylation is 6. The zero-order valence-corrected chi connectivity index (χ0v) is 35.3. The maximum Gasteiger partial charge on any atom is 0.366 e. The third-order valence-corrected chi connectivity index (χ3v) is 10.2. The van der Waals surface area contributed by atoms with E-state index in [2.05, 4.69) is 41.2 Å². The first-order valence-electron chi connectivity index (χ1n) is 17.4. The number of aliphatic hydroxyl groups excluding tert-OH is 1. The van der Waals surface area contributed by atoms with Gasteiger partial charge >= 0.3 is 17.1 Å². The molecular formula is C39H39Cl4N11O4. The van der Waals surface area contributed by atoms with Gasteiger partial charge in [0.1, 0.15) is 29.9 Å². The van der Waals surface area contributed by atoms with Crippen molar-refractivity contribution in [2.75, 3.05) is 0 Å². The summed E-state index contributed by atoms with van der Waals surface area (Å²) in [5.74, 6) is 4.21. The second-order valence-corrected chi connectivity index (χ2v) is 13.8. The van der Waals surface area contributed by atoms with Gasteiger partial charge in [0.2, 0.25) is 0 Å². The zero-order valence-electron chi connectivity index (χ0n) is 32.3. The molecule has 58 heavy (non-hydrogen) atoms. The van der Waals surface area contributed by atoms with Gasteiger partial charge in [0.25, 0.3) is 0 Å². The number of halogens is 4. The molecule has 0 saturated heterocycles. The standard InChI is InChI=1S/C9H9ClN2.C9H10N2O.2C9H10N2.C3Cl3N3O3/c1-12-8-5-3-2-4-7(8)11-9(12)6-10;1-11-8-5-3-2-4-7(8)10-9(11)6-12;2*1-7-10-8-5-3-4-6-9(8)11(7)2;4-7-1(10)8(5)3(12)9(6)2(7)11/h2-5H,6H2,1H3;2-5,12H,6H2,1H3;2*3-6H,1-2H3;. The molecule has 9 aromatic rings. The quantitative estimate of drug-likeness (QED) is 0.198. The SMILES string of the molecule is Cc1nc2ccccc2n1C.Cc1nc2ccccc2n1C.Cn1c(CCl)nc2ccccc21.Cn1c(CO)nc2ccccc21.O=c1n(Cl)c(=O)n(Cl)c(=O)n1Cl. The van der Waals surface area contributed by atoms with Gasteiger partial charge in [0, 0.05) is 63.5 Å². The third-order valence-electron chi connectivity index (χ3n) is 9.05. The van der Waals surface area contributed by atoms with Crippen LogP contribution < -0.4 is 17.1 Å². The first kappa shape index (κ1) is 43.4. The molecule has 302 valence electrons. The molecule has 0 aliphatic carbocycles. The summed E-state index contributed by atoms with van der Waals surface area (Å²) in [6, 6.07) is 32.1. The topological polar surface area (TPSA) is 158 Å². The van der Waals surface area contributed by atoms with E-state index < -0.39 is 17.1 Å². The first-order chi connectivity index (χ1) is 27.7. The highest BCUT2D eigenvalue weighted by Gasteiger charge is 2.11. The van der Waals surface area contributed by atoms with Crippen LogP contribution in [0.3, 0.4) is 0 Å². The number of aromatic nitrogens is 11. The lowest BCUT2D eigenvalue weighted by Gasteiger charge is -1.96. The van der Waals surface area contributed by atoms with Gasteiger partial charge in [-0.05, 0) is 62.4 Å². The molecule has 0 saturated carbocycles. The van der Waals surface area contributed by atoms with Crippen LogP contribution in [0.5, 0.6) is 0 Å². The second kappa shape index (κ2) is 19.2. The number of para-hydroxylation sites is 8. The Morgan fingerprint density at radius 1 is 0.466 bits per heavy atom. The average Bonchev–Trinajstić information content (AvgIpc) is 3.95. The fourth-order valence-electron chi connectivity index (χ4n) is 5.66. The van der Waals surface area contributed by atoms with Crippen molar-refractivity contribution in [3.05, 3.63) is 152 Å². The Balaban J connectivity index is 0.000000138. The van der Waals surface area contributed by atoms with Crippen LogP contribution >= 0.6 is 46.9 Å². The van der Waals surface area contributed by atoms with E-state index >= 15 is 0 Å². The minimum atomic E-state index is -1.16. The molecule has 0 aliphatic heterocycles. The van der Waals surface area contributed by atoms with Gasteiger partial charge in [-0.25, -0.2) is 34.3 Å². The summed E-state index contributed by atoms with van der Waals surface area (Å²) in [4.78, 5) is 49.6. The Bertz CT molecular complexity index is 2770. The van der Waals surface area contributed by atoms with E-state index in [0.29, 0.717) is 11.7 Å². The number of benzene rings is 4. The molecule has 0 aliphatic rings. The minimum absolute atomic E-state index is 0.00875. The van der Waals surface area contributed by atoms with E-state index in [-0.39, 0.29) is 18.9 Å². The van der Waals surface area contributed by atoms with Gasteiger partial charge in [-0.2, -0.15) is 0 Å².